The van der Waals surface area contributed by atoms with Gasteiger partial charge in [0, 0.05) is 55.3 Å². The summed E-state index contributed by atoms with van der Waals surface area (Å²) in [6.45, 7) is 0.824. The van der Waals surface area contributed by atoms with Gasteiger partial charge in [-0.1, -0.05) is 17.9 Å². The van der Waals surface area contributed by atoms with Crippen LogP contribution in [-0.2, 0) is 11.3 Å². The highest BCUT2D eigenvalue weighted by Gasteiger charge is 2.14. The predicted molar refractivity (Wildman–Crippen MR) is 171 cm³/mol. The first-order valence-corrected chi connectivity index (χ1v) is 14.4. The number of amides is 2. The number of carbonyl (C=O) groups is 2. The highest BCUT2D eigenvalue weighted by molar-refractivity contribution is 5.94. The molecule has 0 aliphatic carbocycles. The fourth-order valence-corrected chi connectivity index (χ4v) is 4.47. The minimum atomic E-state index is -1.03. The lowest BCUT2D eigenvalue weighted by Crippen LogP contribution is -2.33. The second-order valence-electron chi connectivity index (χ2n) is 10.4. The fourth-order valence-electron chi connectivity index (χ4n) is 4.47. The monoisotopic (exact) mass is 637 g/mol. The molecule has 238 valence electrons. The van der Waals surface area contributed by atoms with Crippen LogP contribution in [0.1, 0.15) is 31.8 Å². The largest absolute Gasteiger partial charge is 0.383 e. The van der Waals surface area contributed by atoms with Crippen molar-refractivity contribution in [3.05, 3.63) is 124 Å². The Balaban J connectivity index is 1.17. The average molecular weight is 638 g/mol. The molecule has 5 rings (SSSR count). The molecule has 0 bridgehead atoms. The number of anilines is 2. The van der Waals surface area contributed by atoms with E-state index in [1.165, 1.54) is 12.4 Å². The number of ether oxygens (including phenoxy) is 1. The van der Waals surface area contributed by atoms with E-state index in [0.717, 1.165) is 34.0 Å². The number of nitrogens with one attached hydrogen (secondary N) is 2. The Labute approximate surface area is 268 Å². The molecule has 0 aliphatic heterocycles. The molecule has 5 aromatic rings. The van der Waals surface area contributed by atoms with Crippen LogP contribution in [0.5, 0.6) is 0 Å². The molecular weight excluding hydrogens is 608 g/mol. The second kappa shape index (κ2) is 14.9. The summed E-state index contributed by atoms with van der Waals surface area (Å²) < 4.78 is 32.9. The molecule has 11 nitrogen and oxygen atoms in total. The van der Waals surface area contributed by atoms with Gasteiger partial charge in [0.2, 0.25) is 5.95 Å². The first-order chi connectivity index (χ1) is 22.7. The molecule has 0 saturated heterocycles. The Morgan fingerprint density at radius 3 is 2.60 bits per heavy atom. The molecular formula is C34H29F2N7O4. The van der Waals surface area contributed by atoms with Crippen molar-refractivity contribution in [2.75, 3.05) is 39.2 Å². The number of halogens is 2. The Bertz CT molecular complexity index is 2060. The van der Waals surface area contributed by atoms with Gasteiger partial charge in [0.25, 0.3) is 17.4 Å². The molecule has 0 spiro atoms. The Hall–Kier alpha value is -6.00. The van der Waals surface area contributed by atoms with Crippen LogP contribution in [0, 0.1) is 23.5 Å². The minimum Gasteiger partial charge on any atom is -0.383 e. The van der Waals surface area contributed by atoms with Gasteiger partial charge in [0.1, 0.15) is 5.56 Å². The second-order valence-corrected chi connectivity index (χ2v) is 10.4. The molecule has 0 atom stereocenters. The standard InChI is InChI=1S/C34H29F2N7O4/c1-42(14-15-47-2)32(45)24-7-9-26(10-8-24)40-34-39-18-25-16-22(6-12-30(25)41-34)4-3-13-38-31(44)27-19-37-21-43(33(27)46)20-23-5-11-28(35)29(36)17-23/h5-12,16-19,21H,13-15,20H2,1-2H3,(H,38,44)(H,39,40,41). The van der Waals surface area contributed by atoms with Gasteiger partial charge in [0.05, 0.1) is 31.5 Å². The van der Waals surface area contributed by atoms with Crippen molar-refractivity contribution in [3.63, 3.8) is 0 Å². The van der Waals surface area contributed by atoms with Crippen LogP contribution in [0.15, 0.2) is 84.2 Å². The van der Waals surface area contributed by atoms with Crippen molar-refractivity contribution in [1.29, 1.82) is 0 Å². The van der Waals surface area contributed by atoms with Crippen molar-refractivity contribution in [2.24, 2.45) is 0 Å². The van der Waals surface area contributed by atoms with E-state index in [1.54, 1.807) is 61.7 Å². The van der Waals surface area contributed by atoms with Gasteiger partial charge in [-0.2, -0.15) is 0 Å². The Morgan fingerprint density at radius 2 is 1.83 bits per heavy atom. The maximum atomic E-state index is 13.5. The highest BCUT2D eigenvalue weighted by Crippen LogP contribution is 2.19. The number of rotatable bonds is 10. The van der Waals surface area contributed by atoms with Gasteiger partial charge in [0.15, 0.2) is 11.6 Å². The van der Waals surface area contributed by atoms with Crippen molar-refractivity contribution in [1.82, 2.24) is 29.7 Å². The van der Waals surface area contributed by atoms with E-state index in [-0.39, 0.29) is 24.6 Å². The van der Waals surface area contributed by atoms with Gasteiger partial charge in [-0.3, -0.25) is 19.0 Å². The Morgan fingerprint density at radius 1 is 1.02 bits per heavy atom. The van der Waals surface area contributed by atoms with E-state index < -0.39 is 23.1 Å². The molecule has 0 radical (unpaired) electrons. The predicted octanol–water partition coefficient (Wildman–Crippen LogP) is 3.76. The number of aromatic nitrogens is 4. The highest BCUT2D eigenvalue weighted by atomic mass is 19.2. The summed E-state index contributed by atoms with van der Waals surface area (Å²) in [6, 6.07) is 15.7. The first kappa shape index (κ1) is 32.4. The molecule has 0 fully saturated rings. The zero-order valence-corrected chi connectivity index (χ0v) is 25.5. The summed E-state index contributed by atoms with van der Waals surface area (Å²) >= 11 is 0. The summed E-state index contributed by atoms with van der Waals surface area (Å²) in [4.78, 5) is 52.4. The molecule has 0 saturated carbocycles. The maximum absolute atomic E-state index is 13.5. The van der Waals surface area contributed by atoms with E-state index in [9.17, 15) is 23.2 Å². The molecule has 2 N–H and O–H groups in total. The smallest absolute Gasteiger partial charge is 0.266 e. The third kappa shape index (κ3) is 8.19. The zero-order valence-electron chi connectivity index (χ0n) is 25.5. The van der Waals surface area contributed by atoms with Crippen molar-refractivity contribution < 1.29 is 23.1 Å². The SMILES string of the molecule is COCCN(C)C(=O)c1ccc(Nc2ncc3cc(C#CCNC(=O)c4cncn(Cc5ccc(F)c(F)c5)c4=O)ccc3n2)cc1. The van der Waals surface area contributed by atoms with Crippen molar-refractivity contribution >= 4 is 34.4 Å². The van der Waals surface area contributed by atoms with Crippen LogP contribution < -0.4 is 16.2 Å². The molecule has 3 aromatic carbocycles. The number of benzene rings is 3. The lowest BCUT2D eigenvalue weighted by atomic mass is 10.1. The van der Waals surface area contributed by atoms with E-state index in [1.807, 2.05) is 6.07 Å². The lowest BCUT2D eigenvalue weighted by Gasteiger charge is -2.16. The average Bonchev–Trinajstić information content (AvgIpc) is 3.08. The van der Waals surface area contributed by atoms with Crippen molar-refractivity contribution in [3.8, 4) is 11.8 Å². The molecule has 0 aliphatic rings. The summed E-state index contributed by atoms with van der Waals surface area (Å²) in [6.07, 6.45) is 4.02. The molecule has 0 unspecified atom stereocenters. The maximum Gasteiger partial charge on any atom is 0.266 e. The van der Waals surface area contributed by atoms with E-state index in [0.29, 0.717) is 41.3 Å². The number of fused-ring (bicyclic) bond motifs is 1. The van der Waals surface area contributed by atoms with Gasteiger partial charge in [-0.05, 0) is 60.2 Å². The van der Waals surface area contributed by atoms with E-state index in [2.05, 4.69) is 37.4 Å². The van der Waals surface area contributed by atoms with Gasteiger partial charge >= 0.3 is 0 Å². The normalized spacial score (nSPS) is 10.6. The zero-order chi connectivity index (χ0) is 33.3. The van der Waals surface area contributed by atoms with Crippen LogP contribution >= 0.6 is 0 Å². The Kier molecular flexibility index (Phi) is 10.2. The quantitative estimate of drug-likeness (QED) is 0.222. The third-order valence-corrected chi connectivity index (χ3v) is 7.00. The number of likely N-dealkylation sites (N-methyl/N-ethyl adjacent to an activating group) is 1. The van der Waals surface area contributed by atoms with Crippen LogP contribution in [-0.4, -0.2) is 70.1 Å². The number of hydrogen-bond donors (Lipinski definition) is 2. The molecule has 2 aromatic heterocycles. The van der Waals surface area contributed by atoms with Crippen LogP contribution in [0.4, 0.5) is 20.4 Å². The van der Waals surface area contributed by atoms with Gasteiger partial charge < -0.3 is 20.3 Å². The summed E-state index contributed by atoms with van der Waals surface area (Å²) in [5.74, 6) is 3.40. The van der Waals surface area contributed by atoms with E-state index in [4.69, 9.17) is 4.74 Å². The molecule has 13 heteroatoms. The molecule has 2 heterocycles. The van der Waals surface area contributed by atoms with Crippen molar-refractivity contribution in [2.45, 2.75) is 6.54 Å². The number of carbonyl (C=O) groups excluding carboxylic acids is 2. The first-order valence-electron chi connectivity index (χ1n) is 14.4. The van der Waals surface area contributed by atoms with Crippen LogP contribution in [0.3, 0.4) is 0 Å². The van der Waals surface area contributed by atoms with Crippen LogP contribution in [0.2, 0.25) is 0 Å². The lowest BCUT2D eigenvalue weighted by molar-refractivity contribution is 0.0744. The van der Waals surface area contributed by atoms with Gasteiger partial charge in [-0.25, -0.2) is 23.7 Å². The van der Waals surface area contributed by atoms with Gasteiger partial charge in [-0.15, -0.1) is 0 Å². The molecule has 47 heavy (non-hydrogen) atoms. The number of methoxy groups -OCH3 is 1. The fraction of sp³-hybridized carbons (Fsp3) is 0.176. The minimum absolute atomic E-state index is 0.0401. The van der Waals surface area contributed by atoms with Crippen LogP contribution in [0.25, 0.3) is 10.9 Å². The summed E-state index contributed by atoms with van der Waals surface area (Å²) in [5.41, 5.74) is 2.13. The molecule has 2 amide bonds. The third-order valence-electron chi connectivity index (χ3n) is 7.00. The van der Waals surface area contributed by atoms with E-state index >= 15 is 0 Å². The summed E-state index contributed by atoms with van der Waals surface area (Å²) in [5, 5.41) is 6.46. The number of hydrogen-bond acceptors (Lipinski definition) is 8. The summed E-state index contributed by atoms with van der Waals surface area (Å²) in [7, 11) is 3.31. The topological polar surface area (TPSA) is 131 Å². The number of nitrogens with zero attached hydrogens (tertiary/aromatic N) is 5.